The molecule has 4 heteroatoms. The van der Waals surface area contributed by atoms with Crippen molar-refractivity contribution in [3.8, 4) is 0 Å². The SMILES string of the molecule is CCCC(=O)OC[C@H](C)N.Cl. The zero-order chi connectivity index (χ0) is 7.98. The molecule has 0 amide bonds. The van der Waals surface area contributed by atoms with Crippen molar-refractivity contribution in [3.63, 3.8) is 0 Å². The number of carbonyl (C=O) groups is 1. The first-order valence-electron chi connectivity index (χ1n) is 3.58. The predicted octanol–water partition coefficient (Wildman–Crippen LogP) is 1.10. The van der Waals surface area contributed by atoms with Gasteiger partial charge in [-0.05, 0) is 13.3 Å². The number of nitrogens with two attached hydrogens (primary N) is 1. The van der Waals surface area contributed by atoms with Crippen LogP contribution in [0, 0.1) is 0 Å². The van der Waals surface area contributed by atoms with E-state index in [-0.39, 0.29) is 24.4 Å². The van der Waals surface area contributed by atoms with Crippen LogP contribution in [0.25, 0.3) is 0 Å². The van der Waals surface area contributed by atoms with Crippen LogP contribution in [0.3, 0.4) is 0 Å². The lowest BCUT2D eigenvalue weighted by atomic mass is 10.3. The maximum Gasteiger partial charge on any atom is 0.305 e. The molecule has 3 nitrogen and oxygen atoms in total. The van der Waals surface area contributed by atoms with Gasteiger partial charge in [-0.2, -0.15) is 0 Å². The summed E-state index contributed by atoms with van der Waals surface area (Å²) in [6.07, 6.45) is 1.32. The lowest BCUT2D eigenvalue weighted by molar-refractivity contribution is -0.144. The second-order valence-corrected chi connectivity index (χ2v) is 2.41. The number of carbonyl (C=O) groups excluding carboxylic acids is 1. The van der Waals surface area contributed by atoms with Crippen molar-refractivity contribution in [2.75, 3.05) is 6.61 Å². The number of halogens is 1. The second-order valence-electron chi connectivity index (χ2n) is 2.41. The van der Waals surface area contributed by atoms with Crippen molar-refractivity contribution in [2.45, 2.75) is 32.7 Å². The van der Waals surface area contributed by atoms with E-state index in [4.69, 9.17) is 10.5 Å². The minimum absolute atomic E-state index is 0. The molecule has 0 unspecified atom stereocenters. The lowest BCUT2D eigenvalue weighted by Crippen LogP contribution is -2.23. The van der Waals surface area contributed by atoms with Gasteiger partial charge in [0.25, 0.3) is 0 Å². The first kappa shape index (κ1) is 13.3. The third-order valence-corrected chi connectivity index (χ3v) is 0.961. The Morgan fingerprint density at radius 2 is 2.18 bits per heavy atom. The third-order valence-electron chi connectivity index (χ3n) is 0.961. The molecule has 0 saturated heterocycles. The monoisotopic (exact) mass is 181 g/mol. The lowest BCUT2D eigenvalue weighted by Gasteiger charge is -2.05. The number of hydrogen-bond donors (Lipinski definition) is 1. The van der Waals surface area contributed by atoms with E-state index in [9.17, 15) is 4.79 Å². The first-order valence-corrected chi connectivity index (χ1v) is 3.58. The Morgan fingerprint density at radius 3 is 2.55 bits per heavy atom. The minimum Gasteiger partial charge on any atom is -0.464 e. The summed E-state index contributed by atoms with van der Waals surface area (Å²) in [5, 5.41) is 0. The molecule has 68 valence electrons. The van der Waals surface area contributed by atoms with Gasteiger partial charge in [-0.1, -0.05) is 6.92 Å². The average Bonchev–Trinajstić information content (AvgIpc) is 1.85. The molecule has 0 rings (SSSR count). The Bertz CT molecular complexity index is 107. The molecule has 0 radical (unpaired) electrons. The molecule has 0 aliphatic heterocycles. The van der Waals surface area contributed by atoms with Crippen LogP contribution in [-0.2, 0) is 9.53 Å². The van der Waals surface area contributed by atoms with Gasteiger partial charge in [0.2, 0.25) is 0 Å². The van der Waals surface area contributed by atoms with Crippen LogP contribution in [0.1, 0.15) is 26.7 Å². The predicted molar refractivity (Wildman–Crippen MR) is 46.8 cm³/mol. The van der Waals surface area contributed by atoms with Crippen LogP contribution in [0.2, 0.25) is 0 Å². The molecule has 0 aromatic carbocycles. The molecule has 0 aliphatic carbocycles. The van der Waals surface area contributed by atoms with Crippen LogP contribution < -0.4 is 5.73 Å². The summed E-state index contributed by atoms with van der Waals surface area (Å²) in [6, 6.07) is -0.0548. The molecule has 0 fully saturated rings. The van der Waals surface area contributed by atoms with Gasteiger partial charge in [-0.25, -0.2) is 0 Å². The van der Waals surface area contributed by atoms with Gasteiger partial charge >= 0.3 is 5.97 Å². The van der Waals surface area contributed by atoms with Crippen LogP contribution in [0.4, 0.5) is 0 Å². The topological polar surface area (TPSA) is 52.3 Å². The Balaban J connectivity index is 0. The summed E-state index contributed by atoms with van der Waals surface area (Å²) in [6.45, 7) is 4.07. The first-order chi connectivity index (χ1) is 4.66. The second kappa shape index (κ2) is 7.82. The zero-order valence-electron chi connectivity index (χ0n) is 7.00. The van der Waals surface area contributed by atoms with Gasteiger partial charge in [0.15, 0.2) is 0 Å². The average molecular weight is 182 g/mol. The Kier molecular flexibility index (Phi) is 9.47. The van der Waals surface area contributed by atoms with Crippen molar-refractivity contribution >= 4 is 18.4 Å². The number of rotatable bonds is 4. The van der Waals surface area contributed by atoms with Crippen molar-refractivity contribution in [1.82, 2.24) is 0 Å². The third kappa shape index (κ3) is 9.72. The van der Waals surface area contributed by atoms with Crippen LogP contribution in [0.5, 0.6) is 0 Å². The molecule has 0 spiro atoms. The van der Waals surface area contributed by atoms with E-state index in [2.05, 4.69) is 0 Å². The van der Waals surface area contributed by atoms with Crippen molar-refractivity contribution < 1.29 is 9.53 Å². The highest BCUT2D eigenvalue weighted by Crippen LogP contribution is 1.91. The van der Waals surface area contributed by atoms with E-state index in [1.165, 1.54) is 0 Å². The Morgan fingerprint density at radius 1 is 1.64 bits per heavy atom. The molecule has 11 heavy (non-hydrogen) atoms. The van der Waals surface area contributed by atoms with Crippen LogP contribution >= 0.6 is 12.4 Å². The number of ether oxygens (including phenoxy) is 1. The molecular formula is C7H16ClNO2. The highest BCUT2D eigenvalue weighted by atomic mass is 35.5. The van der Waals surface area contributed by atoms with Crippen molar-refractivity contribution in [3.05, 3.63) is 0 Å². The molecule has 0 aromatic heterocycles. The molecule has 0 aromatic rings. The van der Waals surface area contributed by atoms with E-state index < -0.39 is 0 Å². The normalized spacial score (nSPS) is 11.5. The van der Waals surface area contributed by atoms with E-state index in [1.807, 2.05) is 6.92 Å². The van der Waals surface area contributed by atoms with E-state index in [1.54, 1.807) is 6.92 Å². The van der Waals surface area contributed by atoms with Gasteiger partial charge in [-0.15, -0.1) is 12.4 Å². The summed E-state index contributed by atoms with van der Waals surface area (Å²) in [5.74, 6) is -0.153. The van der Waals surface area contributed by atoms with E-state index in [0.717, 1.165) is 6.42 Å². The molecule has 0 saturated carbocycles. The number of esters is 1. The smallest absolute Gasteiger partial charge is 0.305 e. The van der Waals surface area contributed by atoms with E-state index in [0.29, 0.717) is 13.0 Å². The summed E-state index contributed by atoms with van der Waals surface area (Å²) >= 11 is 0. The summed E-state index contributed by atoms with van der Waals surface area (Å²) in [5.41, 5.74) is 5.36. The van der Waals surface area contributed by atoms with Gasteiger partial charge in [0.1, 0.15) is 6.61 Å². The minimum atomic E-state index is -0.153. The van der Waals surface area contributed by atoms with Gasteiger partial charge < -0.3 is 10.5 Å². The standard InChI is InChI=1S/C7H15NO2.ClH/c1-3-4-7(9)10-5-6(2)8;/h6H,3-5,8H2,1-2H3;1H/t6-;/m0./s1. The molecule has 1 atom stereocenters. The van der Waals surface area contributed by atoms with Gasteiger partial charge in [0, 0.05) is 12.5 Å². The fourth-order valence-corrected chi connectivity index (χ4v) is 0.501. The van der Waals surface area contributed by atoms with Gasteiger partial charge in [-0.3, -0.25) is 4.79 Å². The fraction of sp³-hybridized carbons (Fsp3) is 0.857. The maximum atomic E-state index is 10.7. The van der Waals surface area contributed by atoms with Crippen LogP contribution in [-0.4, -0.2) is 18.6 Å². The summed E-state index contributed by atoms with van der Waals surface area (Å²) in [4.78, 5) is 10.7. The van der Waals surface area contributed by atoms with Gasteiger partial charge in [0.05, 0.1) is 0 Å². The van der Waals surface area contributed by atoms with E-state index >= 15 is 0 Å². The quantitative estimate of drug-likeness (QED) is 0.661. The molecule has 0 aliphatic rings. The zero-order valence-corrected chi connectivity index (χ0v) is 7.82. The molecular weight excluding hydrogens is 166 g/mol. The van der Waals surface area contributed by atoms with Crippen molar-refractivity contribution in [1.29, 1.82) is 0 Å². The Labute approximate surface area is 73.7 Å². The Hall–Kier alpha value is -0.280. The summed E-state index contributed by atoms with van der Waals surface area (Å²) in [7, 11) is 0. The largest absolute Gasteiger partial charge is 0.464 e. The maximum absolute atomic E-state index is 10.7. The summed E-state index contributed by atoms with van der Waals surface area (Å²) < 4.78 is 4.78. The van der Waals surface area contributed by atoms with Crippen molar-refractivity contribution in [2.24, 2.45) is 5.73 Å². The highest BCUT2D eigenvalue weighted by Gasteiger charge is 2.01. The molecule has 2 N–H and O–H groups in total. The highest BCUT2D eigenvalue weighted by molar-refractivity contribution is 5.85. The van der Waals surface area contributed by atoms with Crippen LogP contribution in [0.15, 0.2) is 0 Å². The molecule has 0 heterocycles. The number of hydrogen-bond acceptors (Lipinski definition) is 3. The molecule has 0 bridgehead atoms. The fourth-order valence-electron chi connectivity index (χ4n) is 0.501.